The second-order valence-corrected chi connectivity index (χ2v) is 3.28. The van der Waals surface area contributed by atoms with Gasteiger partial charge in [-0.15, -0.1) is 0 Å². The van der Waals surface area contributed by atoms with Crippen LogP contribution in [-0.2, 0) is 0 Å². The summed E-state index contributed by atoms with van der Waals surface area (Å²) in [7, 11) is 1.78. The maximum atomic E-state index is 5.87. The summed E-state index contributed by atoms with van der Waals surface area (Å²) in [5.41, 5.74) is 0.844. The van der Waals surface area contributed by atoms with Gasteiger partial charge in [-0.1, -0.05) is 11.6 Å². The standard InChI is InChI=1S/C10H9ClN4/c1-12-9-5-8(11)14-10(15-9)7-3-2-4-13-6-7/h2-6H,1H3,(H,12,14,15). The van der Waals surface area contributed by atoms with Gasteiger partial charge in [-0.2, -0.15) is 0 Å². The van der Waals surface area contributed by atoms with Crippen molar-refractivity contribution in [3.8, 4) is 11.4 Å². The molecule has 0 aliphatic heterocycles. The highest BCUT2D eigenvalue weighted by Gasteiger charge is 2.04. The Kier molecular flexibility index (Phi) is 2.78. The number of aromatic nitrogens is 3. The summed E-state index contributed by atoms with van der Waals surface area (Å²) in [6.07, 6.45) is 3.40. The lowest BCUT2D eigenvalue weighted by molar-refractivity contribution is 1.16. The predicted octanol–water partition coefficient (Wildman–Crippen LogP) is 2.23. The zero-order chi connectivity index (χ0) is 10.7. The van der Waals surface area contributed by atoms with Crippen molar-refractivity contribution in [3.05, 3.63) is 35.7 Å². The van der Waals surface area contributed by atoms with E-state index in [4.69, 9.17) is 11.6 Å². The molecule has 2 aromatic rings. The zero-order valence-corrected chi connectivity index (χ0v) is 8.86. The van der Waals surface area contributed by atoms with Crippen LogP contribution in [-0.4, -0.2) is 22.0 Å². The fourth-order valence-corrected chi connectivity index (χ4v) is 1.35. The molecule has 15 heavy (non-hydrogen) atoms. The first-order valence-corrected chi connectivity index (χ1v) is 4.80. The molecule has 0 spiro atoms. The Balaban J connectivity index is 2.49. The average Bonchev–Trinajstić information content (AvgIpc) is 2.29. The van der Waals surface area contributed by atoms with Gasteiger partial charge in [0, 0.05) is 31.1 Å². The molecular weight excluding hydrogens is 212 g/mol. The molecule has 0 aliphatic rings. The van der Waals surface area contributed by atoms with E-state index in [0.717, 1.165) is 5.56 Å². The second-order valence-electron chi connectivity index (χ2n) is 2.89. The number of anilines is 1. The van der Waals surface area contributed by atoms with Gasteiger partial charge in [0.25, 0.3) is 0 Å². The number of hydrogen-bond acceptors (Lipinski definition) is 4. The van der Waals surface area contributed by atoms with Gasteiger partial charge in [0.2, 0.25) is 0 Å². The lowest BCUT2D eigenvalue weighted by Crippen LogP contribution is -1.96. The molecule has 0 aromatic carbocycles. The Hall–Kier alpha value is -1.68. The molecule has 0 fully saturated rings. The van der Waals surface area contributed by atoms with Crippen LogP contribution in [0.25, 0.3) is 11.4 Å². The molecule has 5 heteroatoms. The highest BCUT2D eigenvalue weighted by atomic mass is 35.5. The fourth-order valence-electron chi connectivity index (χ4n) is 1.17. The van der Waals surface area contributed by atoms with Gasteiger partial charge in [0.05, 0.1) is 0 Å². The summed E-state index contributed by atoms with van der Waals surface area (Å²) < 4.78 is 0. The van der Waals surface area contributed by atoms with Gasteiger partial charge >= 0.3 is 0 Å². The topological polar surface area (TPSA) is 50.7 Å². The molecule has 0 radical (unpaired) electrons. The highest BCUT2D eigenvalue weighted by Crippen LogP contribution is 2.18. The van der Waals surface area contributed by atoms with Crippen molar-refractivity contribution in [3.63, 3.8) is 0 Å². The SMILES string of the molecule is CNc1cc(Cl)nc(-c2cccnc2)n1. The Morgan fingerprint density at radius 1 is 1.33 bits per heavy atom. The normalized spacial score (nSPS) is 10.0. The zero-order valence-electron chi connectivity index (χ0n) is 8.11. The van der Waals surface area contributed by atoms with Crippen molar-refractivity contribution >= 4 is 17.4 Å². The smallest absolute Gasteiger partial charge is 0.164 e. The maximum Gasteiger partial charge on any atom is 0.164 e. The molecule has 2 rings (SSSR count). The Bertz CT molecular complexity index is 458. The third kappa shape index (κ3) is 2.22. The summed E-state index contributed by atoms with van der Waals surface area (Å²) in [5.74, 6) is 1.26. The first-order chi connectivity index (χ1) is 7.29. The lowest BCUT2D eigenvalue weighted by Gasteiger charge is -2.03. The van der Waals surface area contributed by atoms with Crippen LogP contribution >= 0.6 is 11.6 Å². The third-order valence-corrected chi connectivity index (χ3v) is 2.06. The van der Waals surface area contributed by atoms with Crippen LogP contribution in [0.1, 0.15) is 0 Å². The molecular formula is C10H9ClN4. The first kappa shape index (κ1) is 9.86. The number of nitrogens with zero attached hydrogens (tertiary/aromatic N) is 3. The minimum Gasteiger partial charge on any atom is -0.373 e. The summed E-state index contributed by atoms with van der Waals surface area (Å²) in [4.78, 5) is 12.4. The fraction of sp³-hybridized carbons (Fsp3) is 0.100. The van der Waals surface area contributed by atoms with E-state index in [9.17, 15) is 0 Å². The van der Waals surface area contributed by atoms with Crippen molar-refractivity contribution < 1.29 is 0 Å². The van der Waals surface area contributed by atoms with Gasteiger partial charge in [0.1, 0.15) is 11.0 Å². The summed E-state index contributed by atoms with van der Waals surface area (Å²) in [6.45, 7) is 0. The molecule has 2 aromatic heterocycles. The van der Waals surface area contributed by atoms with Crippen LogP contribution in [0.2, 0.25) is 5.15 Å². The molecule has 4 nitrogen and oxygen atoms in total. The lowest BCUT2D eigenvalue weighted by atomic mass is 10.3. The Morgan fingerprint density at radius 2 is 2.20 bits per heavy atom. The minimum atomic E-state index is 0.410. The number of rotatable bonds is 2. The van der Waals surface area contributed by atoms with E-state index in [-0.39, 0.29) is 0 Å². The van der Waals surface area contributed by atoms with Crippen molar-refractivity contribution in [2.75, 3.05) is 12.4 Å². The van der Waals surface area contributed by atoms with Crippen molar-refractivity contribution in [1.29, 1.82) is 0 Å². The Labute approximate surface area is 92.4 Å². The maximum absolute atomic E-state index is 5.87. The molecule has 0 amide bonds. The van der Waals surface area contributed by atoms with E-state index >= 15 is 0 Å². The monoisotopic (exact) mass is 220 g/mol. The molecule has 0 bridgehead atoms. The number of hydrogen-bond donors (Lipinski definition) is 1. The van der Waals surface area contributed by atoms with Gasteiger partial charge in [-0.05, 0) is 12.1 Å². The highest BCUT2D eigenvalue weighted by molar-refractivity contribution is 6.29. The van der Waals surface area contributed by atoms with Crippen LogP contribution in [0.3, 0.4) is 0 Å². The first-order valence-electron chi connectivity index (χ1n) is 4.42. The van der Waals surface area contributed by atoms with Gasteiger partial charge in [-0.25, -0.2) is 9.97 Å². The van der Waals surface area contributed by atoms with Gasteiger partial charge in [0.15, 0.2) is 5.82 Å². The Morgan fingerprint density at radius 3 is 2.87 bits per heavy atom. The largest absolute Gasteiger partial charge is 0.373 e. The van der Waals surface area contributed by atoms with E-state index in [1.165, 1.54) is 0 Å². The molecule has 0 saturated carbocycles. The number of pyridine rings is 1. The van der Waals surface area contributed by atoms with E-state index in [2.05, 4.69) is 20.3 Å². The molecule has 0 atom stereocenters. The molecule has 2 heterocycles. The van der Waals surface area contributed by atoms with Crippen LogP contribution in [0, 0.1) is 0 Å². The van der Waals surface area contributed by atoms with E-state index in [1.54, 1.807) is 25.5 Å². The minimum absolute atomic E-state index is 0.410. The van der Waals surface area contributed by atoms with Gasteiger partial charge in [-0.3, -0.25) is 4.98 Å². The predicted molar refractivity (Wildman–Crippen MR) is 59.8 cm³/mol. The number of halogens is 1. The molecule has 0 saturated heterocycles. The summed E-state index contributed by atoms with van der Waals surface area (Å²) in [5, 5.41) is 3.33. The molecule has 0 unspecified atom stereocenters. The average molecular weight is 221 g/mol. The second kappa shape index (κ2) is 4.23. The van der Waals surface area contributed by atoms with Crippen LogP contribution in [0.15, 0.2) is 30.6 Å². The van der Waals surface area contributed by atoms with Crippen molar-refractivity contribution in [1.82, 2.24) is 15.0 Å². The van der Waals surface area contributed by atoms with Crippen LogP contribution < -0.4 is 5.32 Å². The molecule has 76 valence electrons. The van der Waals surface area contributed by atoms with Crippen molar-refractivity contribution in [2.45, 2.75) is 0 Å². The molecule has 0 aliphatic carbocycles. The van der Waals surface area contributed by atoms with E-state index in [0.29, 0.717) is 16.8 Å². The summed E-state index contributed by atoms with van der Waals surface area (Å²) in [6, 6.07) is 5.39. The third-order valence-electron chi connectivity index (χ3n) is 1.87. The van der Waals surface area contributed by atoms with Crippen molar-refractivity contribution in [2.24, 2.45) is 0 Å². The van der Waals surface area contributed by atoms with Gasteiger partial charge < -0.3 is 5.32 Å². The van der Waals surface area contributed by atoms with Crippen LogP contribution in [0.4, 0.5) is 5.82 Å². The van der Waals surface area contributed by atoms with Crippen LogP contribution in [0.5, 0.6) is 0 Å². The summed E-state index contributed by atoms with van der Waals surface area (Å²) >= 11 is 5.87. The molecule has 1 N–H and O–H groups in total. The number of nitrogens with one attached hydrogen (secondary N) is 1. The van der Waals surface area contributed by atoms with E-state index < -0.39 is 0 Å². The quantitative estimate of drug-likeness (QED) is 0.789. The van der Waals surface area contributed by atoms with E-state index in [1.807, 2.05) is 12.1 Å².